The molecule has 1 aromatic heterocycles. The predicted molar refractivity (Wildman–Crippen MR) is 112 cm³/mol. The van der Waals surface area contributed by atoms with Gasteiger partial charge in [0.15, 0.2) is 11.5 Å². The van der Waals surface area contributed by atoms with Gasteiger partial charge in [-0.3, -0.25) is 4.79 Å². The molecule has 30 heavy (non-hydrogen) atoms. The molecule has 1 fully saturated rings. The number of ether oxygens (including phenoxy) is 2. The molecule has 0 N–H and O–H groups in total. The Morgan fingerprint density at radius 3 is 2.50 bits per heavy atom. The highest BCUT2D eigenvalue weighted by Gasteiger charge is 2.35. The van der Waals surface area contributed by atoms with Gasteiger partial charge < -0.3 is 18.8 Å². The fraction of sp³-hybridized carbons (Fsp3) is 0.286. The maximum Gasteiger partial charge on any atom is 0.254 e. The van der Waals surface area contributed by atoms with Crippen molar-refractivity contribution in [2.75, 3.05) is 14.2 Å². The monoisotopic (exact) mass is 447 g/mol. The van der Waals surface area contributed by atoms with E-state index in [1.165, 1.54) is 14.2 Å². The van der Waals surface area contributed by atoms with Crippen LogP contribution in [0.15, 0.2) is 40.8 Å². The first kappa shape index (κ1) is 20.5. The molecule has 4 rings (SSSR count). The first-order chi connectivity index (χ1) is 14.5. The van der Waals surface area contributed by atoms with Gasteiger partial charge in [0, 0.05) is 22.2 Å². The summed E-state index contributed by atoms with van der Waals surface area (Å²) in [6, 6.07) is 10.4. The Morgan fingerprint density at radius 2 is 1.87 bits per heavy atom. The lowest BCUT2D eigenvalue weighted by Crippen LogP contribution is -2.32. The van der Waals surface area contributed by atoms with Gasteiger partial charge >= 0.3 is 0 Å². The van der Waals surface area contributed by atoms with Crippen molar-refractivity contribution in [3.8, 4) is 23.0 Å². The number of carbonyl (C=O) groups is 1. The lowest BCUT2D eigenvalue weighted by Gasteiger charge is -2.21. The first-order valence-corrected chi connectivity index (χ1v) is 10.1. The molecule has 1 aliphatic carbocycles. The van der Waals surface area contributed by atoms with Crippen molar-refractivity contribution in [3.63, 3.8) is 0 Å². The average molecular weight is 448 g/mol. The summed E-state index contributed by atoms with van der Waals surface area (Å²) in [6.45, 7) is 0.204. The summed E-state index contributed by atoms with van der Waals surface area (Å²) < 4.78 is 16.3. The molecule has 1 amide bonds. The highest BCUT2D eigenvalue weighted by Crippen LogP contribution is 2.37. The van der Waals surface area contributed by atoms with Crippen molar-refractivity contribution < 1.29 is 18.7 Å². The van der Waals surface area contributed by atoms with E-state index in [2.05, 4.69) is 10.2 Å². The fourth-order valence-electron chi connectivity index (χ4n) is 3.13. The van der Waals surface area contributed by atoms with Crippen LogP contribution < -0.4 is 9.47 Å². The van der Waals surface area contributed by atoms with E-state index in [4.69, 9.17) is 37.1 Å². The third-order valence-electron chi connectivity index (χ3n) is 4.79. The van der Waals surface area contributed by atoms with E-state index < -0.39 is 0 Å². The molecule has 0 radical (unpaired) electrons. The number of amides is 1. The smallest absolute Gasteiger partial charge is 0.254 e. The summed E-state index contributed by atoms with van der Waals surface area (Å²) in [7, 11) is 2.99. The number of hydrogen-bond acceptors (Lipinski definition) is 6. The van der Waals surface area contributed by atoms with Gasteiger partial charge in [0.2, 0.25) is 11.8 Å². The second kappa shape index (κ2) is 8.53. The summed E-state index contributed by atoms with van der Waals surface area (Å²) in [4.78, 5) is 15.0. The van der Waals surface area contributed by atoms with Crippen LogP contribution in [0, 0.1) is 0 Å². The van der Waals surface area contributed by atoms with Crippen molar-refractivity contribution >= 4 is 29.1 Å². The van der Waals surface area contributed by atoms with Crippen molar-refractivity contribution in [3.05, 3.63) is 57.9 Å². The Balaban J connectivity index is 1.57. The lowest BCUT2D eigenvalue weighted by molar-refractivity contribution is 0.0714. The summed E-state index contributed by atoms with van der Waals surface area (Å²) in [5, 5.41) is 9.12. The van der Waals surface area contributed by atoms with Gasteiger partial charge in [-0.1, -0.05) is 23.2 Å². The number of aromatic nitrogens is 2. The number of hydrogen-bond donors (Lipinski definition) is 0. The Labute approximate surface area is 183 Å². The van der Waals surface area contributed by atoms with Crippen LogP contribution in [0.3, 0.4) is 0 Å². The molecule has 0 atom stereocenters. The lowest BCUT2D eigenvalue weighted by atomic mass is 10.1. The van der Waals surface area contributed by atoms with Gasteiger partial charge in [-0.15, -0.1) is 10.2 Å². The van der Waals surface area contributed by atoms with Crippen LogP contribution in [-0.2, 0) is 6.54 Å². The standard InChI is InChI=1S/C21H19Cl2N3O4/c1-28-17-10-13(9-16(23)19(17)29-2)21(27)26(15-7-8-15)11-18-24-25-20(30-18)12-3-5-14(22)6-4-12/h3-6,9-10,15H,7-8,11H2,1-2H3. The molecule has 0 unspecified atom stereocenters. The number of halogens is 2. The topological polar surface area (TPSA) is 77.7 Å². The van der Waals surface area contributed by atoms with E-state index in [1.54, 1.807) is 41.3 Å². The molecule has 0 aliphatic heterocycles. The number of nitrogens with zero attached hydrogens (tertiary/aromatic N) is 3. The third kappa shape index (κ3) is 4.22. The van der Waals surface area contributed by atoms with E-state index in [0.29, 0.717) is 38.9 Å². The average Bonchev–Trinajstić information content (AvgIpc) is 3.49. The van der Waals surface area contributed by atoms with Gasteiger partial charge in [-0.05, 0) is 49.2 Å². The molecule has 9 heteroatoms. The SMILES string of the molecule is COc1cc(C(=O)N(Cc2nnc(-c3ccc(Cl)cc3)o2)C2CC2)cc(Cl)c1OC. The molecule has 7 nitrogen and oxygen atoms in total. The van der Waals surface area contributed by atoms with E-state index >= 15 is 0 Å². The van der Waals surface area contributed by atoms with Crippen molar-refractivity contribution in [1.82, 2.24) is 15.1 Å². The molecular formula is C21H19Cl2N3O4. The number of carbonyl (C=O) groups excluding carboxylic acids is 1. The minimum absolute atomic E-state index is 0.121. The Morgan fingerprint density at radius 1 is 1.13 bits per heavy atom. The molecule has 1 saturated carbocycles. The largest absolute Gasteiger partial charge is 0.493 e. The summed E-state index contributed by atoms with van der Waals surface area (Å²) in [5.74, 6) is 1.32. The van der Waals surface area contributed by atoms with Crippen LogP contribution in [0.1, 0.15) is 29.1 Å². The third-order valence-corrected chi connectivity index (χ3v) is 5.33. The van der Waals surface area contributed by atoms with E-state index in [0.717, 1.165) is 18.4 Å². The molecule has 1 aliphatic rings. The highest BCUT2D eigenvalue weighted by molar-refractivity contribution is 6.32. The van der Waals surface area contributed by atoms with Crippen LogP contribution in [0.5, 0.6) is 11.5 Å². The second-order valence-corrected chi connectivity index (χ2v) is 7.71. The fourth-order valence-corrected chi connectivity index (χ4v) is 3.55. The molecule has 0 spiro atoms. The Bertz CT molecular complexity index is 1060. The quantitative estimate of drug-likeness (QED) is 0.514. The zero-order valence-corrected chi connectivity index (χ0v) is 17.9. The molecule has 1 heterocycles. The predicted octanol–water partition coefficient (Wildman–Crippen LogP) is 4.87. The van der Waals surface area contributed by atoms with Crippen LogP contribution in [-0.4, -0.2) is 41.3 Å². The Hall–Kier alpha value is -2.77. The van der Waals surface area contributed by atoms with Gasteiger partial charge in [0.1, 0.15) is 0 Å². The zero-order valence-electron chi connectivity index (χ0n) is 16.4. The van der Waals surface area contributed by atoms with E-state index in [1.807, 2.05) is 0 Å². The van der Waals surface area contributed by atoms with Gasteiger partial charge in [-0.2, -0.15) is 0 Å². The molecule has 0 bridgehead atoms. The normalized spacial score (nSPS) is 13.2. The highest BCUT2D eigenvalue weighted by atomic mass is 35.5. The maximum atomic E-state index is 13.2. The maximum absolute atomic E-state index is 13.2. The van der Waals surface area contributed by atoms with Crippen LogP contribution in [0.25, 0.3) is 11.5 Å². The zero-order chi connectivity index (χ0) is 21.3. The summed E-state index contributed by atoms with van der Waals surface area (Å²) >= 11 is 12.2. The van der Waals surface area contributed by atoms with Crippen LogP contribution in [0.2, 0.25) is 10.0 Å². The number of methoxy groups -OCH3 is 2. The minimum atomic E-state index is -0.188. The number of rotatable bonds is 7. The van der Waals surface area contributed by atoms with E-state index in [9.17, 15) is 4.79 Å². The number of benzene rings is 2. The van der Waals surface area contributed by atoms with Crippen molar-refractivity contribution in [2.24, 2.45) is 0 Å². The molecular weight excluding hydrogens is 429 g/mol. The molecule has 0 saturated heterocycles. The first-order valence-electron chi connectivity index (χ1n) is 9.31. The second-order valence-electron chi connectivity index (χ2n) is 6.87. The summed E-state index contributed by atoms with van der Waals surface area (Å²) in [6.07, 6.45) is 1.84. The molecule has 156 valence electrons. The minimum Gasteiger partial charge on any atom is -0.493 e. The molecule has 3 aromatic rings. The van der Waals surface area contributed by atoms with Crippen LogP contribution in [0.4, 0.5) is 0 Å². The van der Waals surface area contributed by atoms with Gasteiger partial charge in [0.05, 0.1) is 25.8 Å². The Kier molecular flexibility index (Phi) is 5.83. The van der Waals surface area contributed by atoms with Crippen molar-refractivity contribution in [1.29, 1.82) is 0 Å². The van der Waals surface area contributed by atoms with Crippen molar-refractivity contribution in [2.45, 2.75) is 25.4 Å². The van der Waals surface area contributed by atoms with E-state index in [-0.39, 0.29) is 18.5 Å². The summed E-state index contributed by atoms with van der Waals surface area (Å²) in [5.41, 5.74) is 1.16. The van der Waals surface area contributed by atoms with Gasteiger partial charge in [0.25, 0.3) is 5.91 Å². The van der Waals surface area contributed by atoms with Gasteiger partial charge in [-0.25, -0.2) is 0 Å². The van der Waals surface area contributed by atoms with Crippen LogP contribution >= 0.6 is 23.2 Å². The molecule has 2 aromatic carbocycles.